The second kappa shape index (κ2) is 7.17. The van der Waals surface area contributed by atoms with Crippen LogP contribution in [0.15, 0.2) is 24.3 Å². The van der Waals surface area contributed by atoms with Crippen LogP contribution in [0.3, 0.4) is 0 Å². The molecular weight excluding hydrogens is 242 g/mol. The van der Waals surface area contributed by atoms with Crippen molar-refractivity contribution in [3.05, 3.63) is 35.4 Å². The van der Waals surface area contributed by atoms with Gasteiger partial charge in [0.15, 0.2) is 0 Å². The Kier molecular flexibility index (Phi) is 5.54. The average Bonchev–Trinajstić information content (AvgIpc) is 2.85. The molecule has 100 valence electrons. The van der Waals surface area contributed by atoms with Crippen LogP contribution in [-0.4, -0.2) is 24.7 Å². The van der Waals surface area contributed by atoms with Crippen molar-refractivity contribution in [2.24, 2.45) is 0 Å². The lowest BCUT2D eigenvalue weighted by molar-refractivity contribution is 0.184. The Labute approximate surface area is 114 Å². The zero-order chi connectivity index (χ0) is 12.8. The molecule has 0 amide bonds. The van der Waals surface area contributed by atoms with Gasteiger partial charge in [-0.25, -0.2) is 0 Å². The normalized spacial score (nSPS) is 23.4. The molecule has 1 aromatic rings. The van der Waals surface area contributed by atoms with E-state index in [-0.39, 0.29) is 0 Å². The molecule has 0 saturated heterocycles. The summed E-state index contributed by atoms with van der Waals surface area (Å²) in [5.41, 5.74) is 2.66. The van der Waals surface area contributed by atoms with Crippen LogP contribution in [0, 0.1) is 0 Å². The molecule has 18 heavy (non-hydrogen) atoms. The van der Waals surface area contributed by atoms with E-state index in [1.54, 1.807) is 7.11 Å². The predicted molar refractivity (Wildman–Crippen MR) is 78.9 cm³/mol. The zero-order valence-corrected chi connectivity index (χ0v) is 12.1. The molecule has 0 heterocycles. The van der Waals surface area contributed by atoms with Crippen molar-refractivity contribution in [1.29, 1.82) is 0 Å². The Morgan fingerprint density at radius 2 is 2.06 bits per heavy atom. The van der Waals surface area contributed by atoms with Gasteiger partial charge in [0.1, 0.15) is 0 Å². The zero-order valence-electron chi connectivity index (χ0n) is 11.3. The molecule has 3 heteroatoms. The van der Waals surface area contributed by atoms with Crippen molar-refractivity contribution in [2.75, 3.05) is 13.4 Å². The van der Waals surface area contributed by atoms with Crippen molar-refractivity contribution in [3.8, 4) is 0 Å². The first-order chi connectivity index (χ1) is 8.85. The van der Waals surface area contributed by atoms with E-state index in [2.05, 4.69) is 35.8 Å². The van der Waals surface area contributed by atoms with E-state index in [0.717, 1.165) is 11.8 Å². The lowest BCUT2D eigenvalue weighted by atomic mass is 10.1. The summed E-state index contributed by atoms with van der Waals surface area (Å²) in [6.07, 6.45) is 6.27. The second-order valence-electron chi connectivity index (χ2n) is 4.89. The number of hydrogen-bond acceptors (Lipinski definition) is 3. The Bertz CT molecular complexity index is 369. The van der Waals surface area contributed by atoms with E-state index in [4.69, 9.17) is 4.74 Å². The summed E-state index contributed by atoms with van der Waals surface area (Å²) in [6, 6.07) is 9.22. The quantitative estimate of drug-likeness (QED) is 0.853. The third-order valence-corrected chi connectivity index (χ3v) is 4.90. The molecule has 1 aromatic carbocycles. The molecular formula is C15H23NOS. The first-order valence-corrected chi connectivity index (χ1v) is 7.96. The van der Waals surface area contributed by atoms with Gasteiger partial charge in [0.05, 0.1) is 6.61 Å². The van der Waals surface area contributed by atoms with Gasteiger partial charge in [0.2, 0.25) is 0 Å². The maximum atomic E-state index is 5.25. The van der Waals surface area contributed by atoms with E-state index >= 15 is 0 Å². The minimum atomic E-state index is 0.676. The Hall–Kier alpha value is -0.510. The fraction of sp³-hybridized carbons (Fsp3) is 0.600. The SMILES string of the molecule is COCc1ccccc1CNC1CCCC1SC. The molecule has 2 unspecified atom stereocenters. The van der Waals surface area contributed by atoms with Crippen LogP contribution in [0.2, 0.25) is 0 Å². The molecule has 1 aliphatic carbocycles. The van der Waals surface area contributed by atoms with Gasteiger partial charge in [-0.15, -0.1) is 0 Å². The molecule has 0 radical (unpaired) electrons. The highest BCUT2D eigenvalue weighted by Gasteiger charge is 2.25. The molecule has 0 aliphatic heterocycles. The van der Waals surface area contributed by atoms with Crippen molar-refractivity contribution < 1.29 is 4.74 Å². The van der Waals surface area contributed by atoms with Crippen LogP contribution in [0.25, 0.3) is 0 Å². The standard InChI is InChI=1S/C15H23NOS/c1-17-11-13-7-4-3-6-12(13)10-16-14-8-5-9-15(14)18-2/h3-4,6-7,14-16H,5,8-11H2,1-2H3. The molecule has 1 N–H and O–H groups in total. The van der Waals surface area contributed by atoms with Crippen LogP contribution in [0.5, 0.6) is 0 Å². The molecule has 2 nitrogen and oxygen atoms in total. The second-order valence-corrected chi connectivity index (χ2v) is 5.97. The summed E-state index contributed by atoms with van der Waals surface area (Å²) < 4.78 is 5.25. The summed E-state index contributed by atoms with van der Waals surface area (Å²) in [4.78, 5) is 0. The summed E-state index contributed by atoms with van der Waals surface area (Å²) >= 11 is 2.00. The number of nitrogens with one attached hydrogen (secondary N) is 1. The third kappa shape index (κ3) is 3.50. The number of rotatable bonds is 6. The summed E-state index contributed by atoms with van der Waals surface area (Å²) in [5, 5.41) is 4.51. The van der Waals surface area contributed by atoms with Gasteiger partial charge in [-0.05, 0) is 30.2 Å². The fourth-order valence-electron chi connectivity index (χ4n) is 2.71. The maximum Gasteiger partial charge on any atom is 0.0716 e. The minimum Gasteiger partial charge on any atom is -0.380 e. The molecule has 1 fully saturated rings. The van der Waals surface area contributed by atoms with Crippen molar-refractivity contribution in [3.63, 3.8) is 0 Å². The monoisotopic (exact) mass is 265 g/mol. The topological polar surface area (TPSA) is 21.3 Å². The highest BCUT2D eigenvalue weighted by Crippen LogP contribution is 2.28. The Morgan fingerprint density at radius 3 is 2.78 bits per heavy atom. The lowest BCUT2D eigenvalue weighted by Crippen LogP contribution is -2.33. The highest BCUT2D eigenvalue weighted by atomic mass is 32.2. The van der Waals surface area contributed by atoms with Gasteiger partial charge in [0.25, 0.3) is 0 Å². The van der Waals surface area contributed by atoms with Crippen molar-refractivity contribution in [1.82, 2.24) is 5.32 Å². The van der Waals surface area contributed by atoms with E-state index in [0.29, 0.717) is 12.6 Å². The molecule has 2 rings (SSSR count). The molecule has 2 atom stereocenters. The van der Waals surface area contributed by atoms with Gasteiger partial charge in [-0.1, -0.05) is 30.7 Å². The van der Waals surface area contributed by atoms with Crippen LogP contribution < -0.4 is 5.32 Å². The first-order valence-electron chi connectivity index (χ1n) is 6.67. The van der Waals surface area contributed by atoms with Crippen molar-refractivity contribution >= 4 is 11.8 Å². The van der Waals surface area contributed by atoms with Crippen LogP contribution >= 0.6 is 11.8 Å². The largest absolute Gasteiger partial charge is 0.380 e. The van der Waals surface area contributed by atoms with Crippen molar-refractivity contribution in [2.45, 2.75) is 43.7 Å². The lowest BCUT2D eigenvalue weighted by Gasteiger charge is -2.20. The van der Waals surface area contributed by atoms with Gasteiger partial charge in [-0.3, -0.25) is 0 Å². The molecule has 0 spiro atoms. The highest BCUT2D eigenvalue weighted by molar-refractivity contribution is 7.99. The number of methoxy groups -OCH3 is 1. The summed E-state index contributed by atoms with van der Waals surface area (Å²) in [5.74, 6) is 0. The third-order valence-electron chi connectivity index (χ3n) is 3.73. The minimum absolute atomic E-state index is 0.676. The molecule has 1 saturated carbocycles. The molecule has 0 aromatic heterocycles. The van der Waals surface area contributed by atoms with Crippen LogP contribution in [0.1, 0.15) is 30.4 Å². The van der Waals surface area contributed by atoms with Crippen LogP contribution in [-0.2, 0) is 17.9 Å². The predicted octanol–water partition coefficient (Wildman–Crippen LogP) is 3.21. The number of hydrogen-bond donors (Lipinski definition) is 1. The number of thioether (sulfide) groups is 1. The number of benzene rings is 1. The Morgan fingerprint density at radius 1 is 1.28 bits per heavy atom. The fourth-order valence-corrected chi connectivity index (χ4v) is 3.67. The summed E-state index contributed by atoms with van der Waals surface area (Å²) in [7, 11) is 1.75. The van der Waals surface area contributed by atoms with Gasteiger partial charge in [0, 0.05) is 24.9 Å². The average molecular weight is 265 g/mol. The number of ether oxygens (including phenoxy) is 1. The van der Waals surface area contributed by atoms with E-state index in [1.807, 2.05) is 11.8 Å². The van der Waals surface area contributed by atoms with E-state index < -0.39 is 0 Å². The Balaban J connectivity index is 1.93. The van der Waals surface area contributed by atoms with Gasteiger partial charge in [-0.2, -0.15) is 11.8 Å². The van der Waals surface area contributed by atoms with Gasteiger partial charge >= 0.3 is 0 Å². The molecule has 1 aliphatic rings. The van der Waals surface area contributed by atoms with E-state index in [1.165, 1.54) is 30.4 Å². The van der Waals surface area contributed by atoms with Gasteiger partial charge < -0.3 is 10.1 Å². The maximum absolute atomic E-state index is 5.25. The molecule has 0 bridgehead atoms. The van der Waals surface area contributed by atoms with Crippen LogP contribution in [0.4, 0.5) is 0 Å². The first kappa shape index (κ1) is 13.9. The summed E-state index contributed by atoms with van der Waals surface area (Å²) in [6.45, 7) is 1.66. The van der Waals surface area contributed by atoms with E-state index in [9.17, 15) is 0 Å². The smallest absolute Gasteiger partial charge is 0.0716 e.